The summed E-state index contributed by atoms with van der Waals surface area (Å²) in [6.45, 7) is 2.12. The first-order valence-electron chi connectivity index (χ1n) is 6.17. The van der Waals surface area contributed by atoms with E-state index in [0.717, 1.165) is 18.4 Å². The van der Waals surface area contributed by atoms with E-state index >= 15 is 0 Å². The Morgan fingerprint density at radius 3 is 2.56 bits per heavy atom. The zero-order valence-electron chi connectivity index (χ0n) is 10.4. The predicted octanol–water partition coefficient (Wildman–Crippen LogP) is 3.11. The average Bonchev–Trinajstić information content (AvgIpc) is 2.39. The highest BCUT2D eigenvalue weighted by molar-refractivity contribution is 8.93. The van der Waals surface area contributed by atoms with Crippen molar-refractivity contribution in [2.24, 2.45) is 0 Å². The van der Waals surface area contributed by atoms with Crippen LogP contribution in [0, 0.1) is 10.1 Å². The molecule has 1 aliphatic rings. The normalized spacial score (nSPS) is 27.3. The molecule has 18 heavy (non-hydrogen) atoms. The molecule has 0 spiro atoms. The molecule has 1 aliphatic heterocycles. The first-order chi connectivity index (χ1) is 8.22. The van der Waals surface area contributed by atoms with Crippen LogP contribution < -0.4 is 5.32 Å². The number of benzene rings is 1. The van der Waals surface area contributed by atoms with Crippen LogP contribution in [-0.2, 0) is 0 Å². The number of piperidine rings is 1. The molecule has 0 radical (unpaired) electrons. The fraction of sp³-hybridized carbons (Fsp3) is 0.538. The number of rotatable bonds is 3. The SMILES string of the molecule is Br.CC[C@H]1CC[C@H]([N+](=O)[O-])[C@H](c2ccccc2)N1. The van der Waals surface area contributed by atoms with Gasteiger partial charge in [0, 0.05) is 17.4 Å². The maximum Gasteiger partial charge on any atom is 0.232 e. The predicted molar refractivity (Wildman–Crippen MR) is 76.7 cm³/mol. The second kappa shape index (κ2) is 6.85. The lowest BCUT2D eigenvalue weighted by Gasteiger charge is -2.32. The van der Waals surface area contributed by atoms with E-state index in [9.17, 15) is 10.1 Å². The summed E-state index contributed by atoms with van der Waals surface area (Å²) in [6, 6.07) is 9.48. The Bertz CT molecular complexity index is 386. The molecule has 0 bridgehead atoms. The van der Waals surface area contributed by atoms with Gasteiger partial charge in [-0.3, -0.25) is 10.1 Å². The molecule has 1 fully saturated rings. The summed E-state index contributed by atoms with van der Waals surface area (Å²) in [6.07, 6.45) is 2.58. The molecule has 0 unspecified atom stereocenters. The fourth-order valence-corrected chi connectivity index (χ4v) is 2.51. The Balaban J connectivity index is 0.00000162. The van der Waals surface area contributed by atoms with Crippen LogP contribution in [0.3, 0.4) is 0 Å². The van der Waals surface area contributed by atoms with Crippen LogP contribution in [0.2, 0.25) is 0 Å². The minimum absolute atomic E-state index is 0. The lowest BCUT2D eigenvalue weighted by molar-refractivity contribution is -0.531. The van der Waals surface area contributed by atoms with Crippen molar-refractivity contribution in [3.63, 3.8) is 0 Å². The second-order valence-corrected chi connectivity index (χ2v) is 4.59. The maximum atomic E-state index is 11.1. The van der Waals surface area contributed by atoms with Crippen molar-refractivity contribution in [2.75, 3.05) is 0 Å². The molecule has 0 aliphatic carbocycles. The van der Waals surface area contributed by atoms with Crippen molar-refractivity contribution < 1.29 is 4.92 Å². The number of halogens is 1. The summed E-state index contributed by atoms with van der Waals surface area (Å²) >= 11 is 0. The number of hydrogen-bond acceptors (Lipinski definition) is 3. The number of nitrogens with zero attached hydrogens (tertiary/aromatic N) is 1. The van der Waals surface area contributed by atoms with E-state index in [-0.39, 0.29) is 27.9 Å². The monoisotopic (exact) mass is 314 g/mol. The average molecular weight is 315 g/mol. The van der Waals surface area contributed by atoms with Crippen molar-refractivity contribution in [1.29, 1.82) is 0 Å². The number of nitro groups is 1. The summed E-state index contributed by atoms with van der Waals surface area (Å²) in [5.74, 6) is 0. The van der Waals surface area contributed by atoms with Gasteiger partial charge in [0.15, 0.2) is 0 Å². The highest BCUT2D eigenvalue weighted by atomic mass is 79.9. The molecule has 0 amide bonds. The molecule has 1 aromatic rings. The van der Waals surface area contributed by atoms with Gasteiger partial charge in [0.05, 0.1) is 0 Å². The Morgan fingerprint density at radius 2 is 2.00 bits per heavy atom. The fourth-order valence-electron chi connectivity index (χ4n) is 2.51. The zero-order chi connectivity index (χ0) is 12.3. The van der Waals surface area contributed by atoms with Gasteiger partial charge < -0.3 is 5.32 Å². The molecule has 3 atom stereocenters. The van der Waals surface area contributed by atoms with Gasteiger partial charge in [0.1, 0.15) is 6.04 Å². The molecule has 0 saturated carbocycles. The minimum Gasteiger partial charge on any atom is -0.301 e. The standard InChI is InChI=1S/C13H18N2O2.BrH/c1-2-11-8-9-12(15(16)17)13(14-11)10-6-4-3-5-7-10;/h3-7,11-14H,2,8-9H2,1H3;1H/t11-,12-,13-;/m0./s1. The summed E-state index contributed by atoms with van der Waals surface area (Å²) in [5, 5.41) is 14.5. The topological polar surface area (TPSA) is 55.2 Å². The van der Waals surface area contributed by atoms with Crippen LogP contribution in [0.5, 0.6) is 0 Å². The highest BCUT2D eigenvalue weighted by Gasteiger charge is 2.37. The van der Waals surface area contributed by atoms with Crippen molar-refractivity contribution in [2.45, 2.75) is 44.3 Å². The van der Waals surface area contributed by atoms with Crippen LogP contribution in [0.1, 0.15) is 37.8 Å². The third kappa shape index (κ3) is 3.29. The number of hydrogen-bond donors (Lipinski definition) is 1. The summed E-state index contributed by atoms with van der Waals surface area (Å²) < 4.78 is 0. The van der Waals surface area contributed by atoms with Gasteiger partial charge in [0.25, 0.3) is 0 Å². The van der Waals surface area contributed by atoms with Crippen molar-refractivity contribution in [3.05, 3.63) is 46.0 Å². The van der Waals surface area contributed by atoms with E-state index in [2.05, 4.69) is 12.2 Å². The molecular formula is C13H19BrN2O2. The Hall–Kier alpha value is -0.940. The Kier molecular flexibility index (Phi) is 5.75. The van der Waals surface area contributed by atoms with Crippen molar-refractivity contribution in [3.8, 4) is 0 Å². The van der Waals surface area contributed by atoms with E-state index in [1.54, 1.807) is 0 Å². The minimum atomic E-state index is -0.500. The summed E-state index contributed by atoms with van der Waals surface area (Å²) in [7, 11) is 0. The zero-order valence-corrected chi connectivity index (χ0v) is 12.1. The largest absolute Gasteiger partial charge is 0.301 e. The summed E-state index contributed by atoms with van der Waals surface area (Å²) in [5.41, 5.74) is 1.02. The van der Waals surface area contributed by atoms with E-state index < -0.39 is 6.04 Å². The lowest BCUT2D eigenvalue weighted by atomic mass is 9.88. The van der Waals surface area contributed by atoms with Crippen LogP contribution >= 0.6 is 17.0 Å². The maximum absolute atomic E-state index is 11.1. The molecule has 1 N–H and O–H groups in total. The Morgan fingerprint density at radius 1 is 1.33 bits per heavy atom. The molecule has 5 heteroatoms. The molecule has 0 aromatic heterocycles. The lowest BCUT2D eigenvalue weighted by Crippen LogP contribution is -2.47. The smallest absolute Gasteiger partial charge is 0.232 e. The van der Waals surface area contributed by atoms with Gasteiger partial charge in [-0.2, -0.15) is 0 Å². The molecular weight excluding hydrogens is 296 g/mol. The van der Waals surface area contributed by atoms with Gasteiger partial charge in [-0.15, -0.1) is 17.0 Å². The van der Waals surface area contributed by atoms with Gasteiger partial charge >= 0.3 is 0 Å². The van der Waals surface area contributed by atoms with Gasteiger partial charge in [0.2, 0.25) is 6.04 Å². The Labute approximate surface area is 118 Å². The van der Waals surface area contributed by atoms with Crippen LogP contribution in [0.15, 0.2) is 30.3 Å². The molecule has 1 heterocycles. The van der Waals surface area contributed by atoms with Gasteiger partial charge in [-0.05, 0) is 18.4 Å². The van der Waals surface area contributed by atoms with E-state index in [0.29, 0.717) is 12.5 Å². The molecule has 4 nitrogen and oxygen atoms in total. The van der Waals surface area contributed by atoms with Gasteiger partial charge in [-0.1, -0.05) is 37.3 Å². The van der Waals surface area contributed by atoms with Crippen LogP contribution in [-0.4, -0.2) is 17.0 Å². The second-order valence-electron chi connectivity index (χ2n) is 4.59. The first kappa shape index (κ1) is 15.1. The highest BCUT2D eigenvalue weighted by Crippen LogP contribution is 2.28. The quantitative estimate of drug-likeness (QED) is 0.689. The van der Waals surface area contributed by atoms with Crippen LogP contribution in [0.4, 0.5) is 0 Å². The van der Waals surface area contributed by atoms with Crippen molar-refractivity contribution >= 4 is 17.0 Å². The van der Waals surface area contributed by atoms with Crippen molar-refractivity contribution in [1.82, 2.24) is 5.32 Å². The molecule has 2 rings (SSSR count). The third-order valence-electron chi connectivity index (χ3n) is 3.53. The molecule has 1 aromatic carbocycles. The van der Waals surface area contributed by atoms with E-state index in [1.165, 1.54) is 0 Å². The summed E-state index contributed by atoms with van der Waals surface area (Å²) in [4.78, 5) is 11.0. The van der Waals surface area contributed by atoms with Gasteiger partial charge in [-0.25, -0.2) is 0 Å². The van der Waals surface area contributed by atoms with Crippen LogP contribution in [0.25, 0.3) is 0 Å². The van der Waals surface area contributed by atoms with E-state index in [1.807, 2.05) is 30.3 Å². The third-order valence-corrected chi connectivity index (χ3v) is 3.53. The molecule has 1 saturated heterocycles. The van der Waals surface area contributed by atoms with E-state index in [4.69, 9.17) is 0 Å². The first-order valence-corrected chi connectivity index (χ1v) is 6.17. The number of nitrogens with one attached hydrogen (secondary N) is 1. The molecule has 100 valence electrons.